The van der Waals surface area contributed by atoms with Crippen molar-refractivity contribution >= 4 is 23.2 Å². The van der Waals surface area contributed by atoms with Crippen molar-refractivity contribution in [3.63, 3.8) is 0 Å². The molecule has 1 aromatic heterocycles. The molecule has 138 valence electrons. The summed E-state index contributed by atoms with van der Waals surface area (Å²) in [6.07, 6.45) is 0. The van der Waals surface area contributed by atoms with E-state index < -0.39 is 0 Å². The summed E-state index contributed by atoms with van der Waals surface area (Å²) in [5.41, 5.74) is 3.44. The van der Waals surface area contributed by atoms with Crippen LogP contribution in [0.15, 0.2) is 78.9 Å². The molecule has 3 aromatic carbocycles. The van der Waals surface area contributed by atoms with Gasteiger partial charge in [-0.25, -0.2) is 9.67 Å². The second kappa shape index (κ2) is 7.66. The van der Waals surface area contributed by atoms with Crippen LogP contribution in [0.5, 0.6) is 0 Å². The number of anilines is 1. The van der Waals surface area contributed by atoms with Crippen molar-refractivity contribution in [2.24, 2.45) is 0 Å². The number of nitrogens with one attached hydrogen (secondary N) is 1. The highest BCUT2D eigenvalue weighted by Crippen LogP contribution is 2.22. The largest absolute Gasteiger partial charge is 0.319 e. The average molecular weight is 389 g/mol. The Hall–Kier alpha value is -3.44. The first-order valence-corrected chi connectivity index (χ1v) is 9.14. The van der Waals surface area contributed by atoms with Crippen molar-refractivity contribution < 1.29 is 4.79 Å². The zero-order valence-corrected chi connectivity index (χ0v) is 15.9. The maximum Gasteiger partial charge on any atom is 0.295 e. The van der Waals surface area contributed by atoms with Gasteiger partial charge >= 0.3 is 0 Å². The number of hydrogen-bond acceptors (Lipinski definition) is 3. The highest BCUT2D eigenvalue weighted by Gasteiger charge is 2.19. The summed E-state index contributed by atoms with van der Waals surface area (Å²) >= 11 is 6.00. The van der Waals surface area contributed by atoms with Crippen molar-refractivity contribution in [1.29, 1.82) is 0 Å². The van der Waals surface area contributed by atoms with Crippen molar-refractivity contribution in [3.05, 3.63) is 95.3 Å². The molecule has 5 nitrogen and oxygen atoms in total. The predicted molar refractivity (Wildman–Crippen MR) is 111 cm³/mol. The minimum atomic E-state index is -0.367. The van der Waals surface area contributed by atoms with Crippen LogP contribution in [0.2, 0.25) is 5.02 Å². The number of hydrogen-bond donors (Lipinski definition) is 1. The van der Waals surface area contributed by atoms with Gasteiger partial charge in [0, 0.05) is 16.3 Å². The van der Waals surface area contributed by atoms with Crippen LogP contribution in [-0.4, -0.2) is 20.7 Å². The SMILES string of the molecule is Cc1ccc(NC(=O)c2nc(-c3ccccc3)n(-c3ccc(Cl)cc3)n2)cc1. The summed E-state index contributed by atoms with van der Waals surface area (Å²) in [6, 6.07) is 24.4. The second-order valence-corrected chi connectivity index (χ2v) is 6.77. The maximum atomic E-state index is 12.7. The fourth-order valence-corrected chi connectivity index (χ4v) is 2.89. The zero-order chi connectivity index (χ0) is 19.5. The lowest BCUT2D eigenvalue weighted by Gasteiger charge is -2.05. The molecule has 0 bridgehead atoms. The number of rotatable bonds is 4. The van der Waals surface area contributed by atoms with Crippen LogP contribution in [0.1, 0.15) is 16.2 Å². The number of carbonyl (C=O) groups is 1. The third-order valence-electron chi connectivity index (χ3n) is 4.22. The van der Waals surface area contributed by atoms with Crippen LogP contribution in [-0.2, 0) is 0 Å². The van der Waals surface area contributed by atoms with Crippen LogP contribution >= 0.6 is 11.6 Å². The molecule has 4 aromatic rings. The minimum absolute atomic E-state index is 0.0920. The molecule has 1 heterocycles. The zero-order valence-electron chi connectivity index (χ0n) is 15.1. The molecule has 0 saturated heterocycles. The lowest BCUT2D eigenvalue weighted by Crippen LogP contribution is -2.14. The topological polar surface area (TPSA) is 59.8 Å². The first kappa shape index (κ1) is 17.9. The molecular weight excluding hydrogens is 372 g/mol. The van der Waals surface area contributed by atoms with Gasteiger partial charge in [0.15, 0.2) is 5.82 Å². The number of halogens is 1. The second-order valence-electron chi connectivity index (χ2n) is 6.33. The van der Waals surface area contributed by atoms with Crippen molar-refractivity contribution in [3.8, 4) is 17.1 Å². The molecule has 0 saturated carbocycles. The van der Waals surface area contributed by atoms with E-state index in [1.165, 1.54) is 0 Å². The molecule has 1 amide bonds. The number of benzene rings is 3. The van der Waals surface area contributed by atoms with Crippen LogP contribution in [0, 0.1) is 6.92 Å². The lowest BCUT2D eigenvalue weighted by molar-refractivity contribution is 0.101. The maximum absolute atomic E-state index is 12.7. The van der Waals surface area contributed by atoms with Crippen molar-refractivity contribution in [2.45, 2.75) is 6.92 Å². The third kappa shape index (κ3) is 3.80. The predicted octanol–water partition coefficient (Wildman–Crippen LogP) is 5.15. The summed E-state index contributed by atoms with van der Waals surface area (Å²) in [6.45, 7) is 1.99. The first-order chi connectivity index (χ1) is 13.6. The van der Waals surface area contributed by atoms with Gasteiger partial charge < -0.3 is 5.32 Å². The van der Waals surface area contributed by atoms with Gasteiger partial charge in [0.2, 0.25) is 5.82 Å². The Kier molecular flexibility index (Phi) is 4.91. The molecule has 0 aliphatic heterocycles. The Morgan fingerprint density at radius 2 is 1.61 bits per heavy atom. The summed E-state index contributed by atoms with van der Waals surface area (Å²) in [5.74, 6) is 0.306. The van der Waals surface area contributed by atoms with E-state index in [4.69, 9.17) is 11.6 Å². The van der Waals surface area contributed by atoms with Gasteiger partial charge in [-0.2, -0.15) is 0 Å². The molecule has 0 spiro atoms. The quantitative estimate of drug-likeness (QED) is 0.526. The van der Waals surface area contributed by atoms with Gasteiger partial charge in [0.25, 0.3) is 5.91 Å². The van der Waals surface area contributed by atoms with Crippen molar-refractivity contribution in [2.75, 3.05) is 5.32 Å². The molecule has 28 heavy (non-hydrogen) atoms. The van der Waals surface area contributed by atoms with Gasteiger partial charge in [-0.3, -0.25) is 4.79 Å². The van der Waals surface area contributed by atoms with Gasteiger partial charge in [-0.1, -0.05) is 59.6 Å². The van der Waals surface area contributed by atoms with E-state index in [-0.39, 0.29) is 11.7 Å². The standard InChI is InChI=1S/C22H17ClN4O/c1-15-7-11-18(12-8-15)24-22(28)20-25-21(16-5-3-2-4-6-16)27(26-20)19-13-9-17(23)10-14-19/h2-14H,1H3,(H,24,28). The first-order valence-electron chi connectivity index (χ1n) is 8.76. The Morgan fingerprint density at radius 1 is 0.929 bits per heavy atom. The number of aromatic nitrogens is 3. The Bertz CT molecular complexity index is 1100. The Labute approximate surface area is 167 Å². The van der Waals surface area contributed by atoms with Gasteiger partial charge in [0.05, 0.1) is 5.69 Å². The number of carbonyl (C=O) groups excluding carboxylic acids is 1. The fourth-order valence-electron chi connectivity index (χ4n) is 2.77. The van der Waals surface area contributed by atoms with E-state index in [0.29, 0.717) is 16.5 Å². The van der Waals surface area contributed by atoms with Crippen LogP contribution < -0.4 is 5.32 Å². The number of aryl methyl sites for hydroxylation is 1. The lowest BCUT2D eigenvalue weighted by atomic mass is 10.2. The molecule has 4 rings (SSSR count). The van der Waals surface area contributed by atoms with Gasteiger partial charge in [0.1, 0.15) is 0 Å². The van der Waals surface area contributed by atoms with E-state index in [1.807, 2.05) is 73.7 Å². The molecule has 0 aliphatic carbocycles. The number of amides is 1. The Morgan fingerprint density at radius 3 is 2.29 bits per heavy atom. The highest BCUT2D eigenvalue weighted by atomic mass is 35.5. The minimum Gasteiger partial charge on any atom is -0.319 e. The van der Waals surface area contributed by atoms with E-state index in [9.17, 15) is 4.79 Å². The summed E-state index contributed by atoms with van der Waals surface area (Å²) in [4.78, 5) is 17.2. The van der Waals surface area contributed by atoms with E-state index in [0.717, 1.165) is 16.8 Å². The summed E-state index contributed by atoms with van der Waals surface area (Å²) < 4.78 is 1.65. The van der Waals surface area contributed by atoms with E-state index in [1.54, 1.807) is 16.8 Å². The van der Waals surface area contributed by atoms with Gasteiger partial charge in [-0.05, 0) is 43.3 Å². The smallest absolute Gasteiger partial charge is 0.295 e. The van der Waals surface area contributed by atoms with Crippen molar-refractivity contribution in [1.82, 2.24) is 14.8 Å². The normalized spacial score (nSPS) is 10.6. The molecule has 0 unspecified atom stereocenters. The summed E-state index contributed by atoms with van der Waals surface area (Å²) in [7, 11) is 0. The molecule has 6 heteroatoms. The molecule has 1 N–H and O–H groups in total. The van der Waals surface area contributed by atoms with Crippen LogP contribution in [0.25, 0.3) is 17.1 Å². The molecule has 0 aliphatic rings. The Balaban J connectivity index is 1.73. The number of nitrogens with zero attached hydrogens (tertiary/aromatic N) is 3. The van der Waals surface area contributed by atoms with Gasteiger partial charge in [-0.15, -0.1) is 5.10 Å². The molecule has 0 fully saturated rings. The monoisotopic (exact) mass is 388 g/mol. The molecular formula is C22H17ClN4O. The highest BCUT2D eigenvalue weighted by molar-refractivity contribution is 6.30. The average Bonchev–Trinajstić information content (AvgIpc) is 3.16. The fraction of sp³-hybridized carbons (Fsp3) is 0.0455. The summed E-state index contributed by atoms with van der Waals surface area (Å²) in [5, 5.41) is 7.92. The third-order valence-corrected chi connectivity index (χ3v) is 4.47. The van der Waals surface area contributed by atoms with Crippen LogP contribution in [0.3, 0.4) is 0 Å². The van der Waals surface area contributed by atoms with E-state index in [2.05, 4.69) is 15.4 Å². The van der Waals surface area contributed by atoms with E-state index >= 15 is 0 Å². The molecule has 0 atom stereocenters. The van der Waals surface area contributed by atoms with Crippen LogP contribution in [0.4, 0.5) is 5.69 Å². The molecule has 0 radical (unpaired) electrons.